The third-order valence-corrected chi connectivity index (χ3v) is 2.51. The number of rotatable bonds is 3. The molecule has 0 N–H and O–H groups in total. The van der Waals surface area contributed by atoms with E-state index in [1.165, 1.54) is 42.1 Å². The number of benzene rings is 1. The number of ether oxygens (including phenoxy) is 1. The predicted octanol–water partition coefficient (Wildman–Crippen LogP) is 1.14. The molecule has 100 valence electrons. The first-order valence-electron chi connectivity index (χ1n) is 5.33. The summed E-state index contributed by atoms with van der Waals surface area (Å²) in [5.41, 5.74) is -0.679. The smallest absolute Gasteiger partial charge is 0.387 e. The van der Waals surface area contributed by atoms with Crippen molar-refractivity contribution in [3.8, 4) is 11.4 Å². The fourth-order valence-electron chi connectivity index (χ4n) is 1.58. The van der Waals surface area contributed by atoms with Crippen LogP contribution in [0.25, 0.3) is 5.69 Å². The van der Waals surface area contributed by atoms with E-state index in [1.807, 2.05) is 0 Å². The van der Waals surface area contributed by atoms with Crippen molar-refractivity contribution in [2.75, 3.05) is 0 Å². The number of alkyl halides is 2. The number of halogens is 2. The molecule has 2 aromatic rings. The van der Waals surface area contributed by atoms with Crippen LogP contribution in [0.4, 0.5) is 8.78 Å². The highest BCUT2D eigenvalue weighted by molar-refractivity contribution is 5.39. The van der Waals surface area contributed by atoms with Gasteiger partial charge in [-0.05, 0) is 12.1 Å². The largest absolute Gasteiger partial charge is 0.435 e. The van der Waals surface area contributed by atoms with Gasteiger partial charge in [0.2, 0.25) is 0 Å². The minimum absolute atomic E-state index is 0.0618. The van der Waals surface area contributed by atoms with Crippen LogP contribution in [0.5, 0.6) is 5.75 Å². The van der Waals surface area contributed by atoms with Crippen LogP contribution in [-0.2, 0) is 7.05 Å². The zero-order chi connectivity index (χ0) is 14.0. The lowest BCUT2D eigenvalue weighted by Crippen LogP contribution is -2.36. The van der Waals surface area contributed by atoms with Crippen LogP contribution in [0.3, 0.4) is 0 Å². The second-order valence-electron chi connectivity index (χ2n) is 3.74. The van der Waals surface area contributed by atoms with Crippen molar-refractivity contribution in [1.29, 1.82) is 0 Å². The quantitative estimate of drug-likeness (QED) is 0.838. The molecule has 0 saturated carbocycles. The summed E-state index contributed by atoms with van der Waals surface area (Å²) in [4.78, 5) is 23.1. The van der Waals surface area contributed by atoms with E-state index in [2.05, 4.69) is 4.74 Å². The van der Waals surface area contributed by atoms with Crippen molar-refractivity contribution in [1.82, 2.24) is 9.13 Å². The average Bonchev–Trinajstić information content (AvgIpc) is 2.36. The number of nitrogens with zero attached hydrogens (tertiary/aromatic N) is 2. The molecule has 0 saturated heterocycles. The molecule has 19 heavy (non-hydrogen) atoms. The van der Waals surface area contributed by atoms with Gasteiger partial charge in [-0.3, -0.25) is 13.9 Å². The Kier molecular flexibility index (Phi) is 3.46. The van der Waals surface area contributed by atoms with Crippen LogP contribution >= 0.6 is 0 Å². The molecule has 0 unspecified atom stereocenters. The van der Waals surface area contributed by atoms with Crippen LogP contribution in [-0.4, -0.2) is 15.7 Å². The van der Waals surface area contributed by atoms with Crippen molar-refractivity contribution < 1.29 is 13.5 Å². The molecule has 0 amide bonds. The predicted molar refractivity (Wildman–Crippen MR) is 63.9 cm³/mol. The minimum atomic E-state index is -2.94. The standard InChI is InChI=1S/C12H10F2N2O3/c1-15-10(17)5-6-16(12(15)18)8-3-2-4-9(7-8)19-11(13)14/h2-7,11H,1H3. The van der Waals surface area contributed by atoms with Gasteiger partial charge in [0, 0.05) is 25.4 Å². The average molecular weight is 268 g/mol. The third-order valence-electron chi connectivity index (χ3n) is 2.51. The highest BCUT2D eigenvalue weighted by atomic mass is 19.3. The zero-order valence-electron chi connectivity index (χ0n) is 9.92. The lowest BCUT2D eigenvalue weighted by Gasteiger charge is -2.09. The Morgan fingerprint density at radius 3 is 2.63 bits per heavy atom. The molecule has 0 bridgehead atoms. The molecular weight excluding hydrogens is 258 g/mol. The summed E-state index contributed by atoms with van der Waals surface area (Å²) < 4.78 is 30.6. The van der Waals surface area contributed by atoms with Crippen LogP contribution in [0.2, 0.25) is 0 Å². The molecule has 5 nitrogen and oxygen atoms in total. The first kappa shape index (κ1) is 13.0. The number of hydrogen-bond donors (Lipinski definition) is 0. The van der Waals surface area contributed by atoms with Gasteiger partial charge >= 0.3 is 12.3 Å². The van der Waals surface area contributed by atoms with Crippen molar-refractivity contribution in [3.05, 3.63) is 57.4 Å². The summed E-state index contributed by atoms with van der Waals surface area (Å²) in [7, 11) is 1.33. The molecule has 7 heteroatoms. The SMILES string of the molecule is Cn1c(=O)ccn(-c2cccc(OC(F)F)c2)c1=O. The van der Waals surface area contributed by atoms with E-state index in [-0.39, 0.29) is 5.75 Å². The Labute approximate surface area is 106 Å². The molecule has 0 aliphatic carbocycles. The van der Waals surface area contributed by atoms with Gasteiger partial charge in [0.05, 0.1) is 5.69 Å². The van der Waals surface area contributed by atoms with Crippen LogP contribution in [0, 0.1) is 0 Å². The lowest BCUT2D eigenvalue weighted by atomic mass is 10.3. The first-order valence-corrected chi connectivity index (χ1v) is 5.33. The van der Waals surface area contributed by atoms with E-state index in [1.54, 1.807) is 6.07 Å². The van der Waals surface area contributed by atoms with E-state index in [0.717, 1.165) is 4.57 Å². The second kappa shape index (κ2) is 5.05. The van der Waals surface area contributed by atoms with E-state index in [9.17, 15) is 18.4 Å². The van der Waals surface area contributed by atoms with Crippen LogP contribution in [0.1, 0.15) is 0 Å². The van der Waals surface area contributed by atoms with E-state index in [0.29, 0.717) is 5.69 Å². The van der Waals surface area contributed by atoms with Crippen molar-refractivity contribution in [2.24, 2.45) is 7.05 Å². The minimum Gasteiger partial charge on any atom is -0.435 e. The van der Waals surface area contributed by atoms with Crippen molar-refractivity contribution >= 4 is 0 Å². The molecule has 1 heterocycles. The summed E-state index contributed by atoms with van der Waals surface area (Å²) in [6, 6.07) is 6.87. The molecule has 1 aromatic carbocycles. The monoisotopic (exact) mass is 268 g/mol. The number of aromatic nitrogens is 2. The van der Waals surface area contributed by atoms with Crippen LogP contribution in [0.15, 0.2) is 46.1 Å². The Morgan fingerprint density at radius 2 is 1.95 bits per heavy atom. The van der Waals surface area contributed by atoms with Gasteiger partial charge in [0.25, 0.3) is 5.56 Å². The first-order chi connectivity index (χ1) is 8.99. The second-order valence-corrected chi connectivity index (χ2v) is 3.74. The van der Waals surface area contributed by atoms with E-state index >= 15 is 0 Å². The fraction of sp³-hybridized carbons (Fsp3) is 0.167. The van der Waals surface area contributed by atoms with E-state index < -0.39 is 17.9 Å². The summed E-state index contributed by atoms with van der Waals surface area (Å²) in [5.74, 6) is -0.0618. The summed E-state index contributed by atoms with van der Waals surface area (Å²) >= 11 is 0. The van der Waals surface area contributed by atoms with Crippen molar-refractivity contribution in [3.63, 3.8) is 0 Å². The molecule has 0 aliphatic heterocycles. The summed E-state index contributed by atoms with van der Waals surface area (Å²) in [6.45, 7) is -2.94. The van der Waals surface area contributed by atoms with Crippen molar-refractivity contribution in [2.45, 2.75) is 6.61 Å². The zero-order valence-corrected chi connectivity index (χ0v) is 9.92. The maximum atomic E-state index is 12.1. The molecule has 0 radical (unpaired) electrons. The van der Waals surface area contributed by atoms with Gasteiger partial charge < -0.3 is 4.74 Å². The Balaban J connectivity index is 2.51. The third kappa shape index (κ3) is 2.70. The number of hydrogen-bond acceptors (Lipinski definition) is 3. The Morgan fingerprint density at radius 1 is 1.21 bits per heavy atom. The molecule has 1 aromatic heterocycles. The van der Waals surface area contributed by atoms with Crippen LogP contribution < -0.4 is 16.0 Å². The molecular formula is C12H10F2N2O3. The summed E-state index contributed by atoms with van der Waals surface area (Å²) in [5, 5.41) is 0. The Bertz CT molecular complexity index is 707. The normalized spacial score (nSPS) is 10.7. The molecule has 0 spiro atoms. The van der Waals surface area contributed by atoms with Gasteiger partial charge in [-0.1, -0.05) is 6.07 Å². The Hall–Kier alpha value is -2.44. The lowest BCUT2D eigenvalue weighted by molar-refractivity contribution is -0.0498. The van der Waals surface area contributed by atoms with E-state index in [4.69, 9.17) is 0 Å². The topological polar surface area (TPSA) is 53.2 Å². The van der Waals surface area contributed by atoms with Gasteiger partial charge in [-0.15, -0.1) is 0 Å². The van der Waals surface area contributed by atoms with Gasteiger partial charge in [-0.25, -0.2) is 4.79 Å². The maximum Gasteiger partial charge on any atom is 0.387 e. The highest BCUT2D eigenvalue weighted by Gasteiger charge is 2.07. The van der Waals surface area contributed by atoms with Gasteiger partial charge in [0.1, 0.15) is 5.75 Å². The molecule has 0 fully saturated rings. The molecule has 2 rings (SSSR count). The van der Waals surface area contributed by atoms with Gasteiger partial charge in [-0.2, -0.15) is 8.78 Å². The highest BCUT2D eigenvalue weighted by Crippen LogP contribution is 2.17. The molecule has 0 atom stereocenters. The fourth-order valence-corrected chi connectivity index (χ4v) is 1.58. The molecule has 0 aliphatic rings. The van der Waals surface area contributed by atoms with Gasteiger partial charge in [0.15, 0.2) is 0 Å². The maximum absolute atomic E-state index is 12.1. The summed E-state index contributed by atoms with van der Waals surface area (Å²) in [6.07, 6.45) is 1.28.